The topological polar surface area (TPSA) is 67.4 Å². The molecule has 0 bridgehead atoms. The number of carbonyl (C=O) groups is 1. The van der Waals surface area contributed by atoms with E-state index in [9.17, 15) is 4.79 Å². The average molecular weight is 351 g/mol. The highest BCUT2D eigenvalue weighted by molar-refractivity contribution is 7.16. The van der Waals surface area contributed by atoms with Crippen molar-refractivity contribution in [3.63, 3.8) is 0 Å². The number of amides is 1. The summed E-state index contributed by atoms with van der Waals surface area (Å²) in [6.07, 6.45) is 0.919. The van der Waals surface area contributed by atoms with Crippen LogP contribution in [-0.2, 0) is 6.54 Å². The lowest BCUT2D eigenvalue weighted by atomic mass is 10.1. The number of thiazole rings is 1. The molecule has 0 saturated heterocycles. The first-order chi connectivity index (χ1) is 12.2. The molecule has 3 aromatic rings. The molecule has 5 nitrogen and oxygen atoms in total. The highest BCUT2D eigenvalue weighted by Crippen LogP contribution is 2.27. The van der Waals surface area contributed by atoms with E-state index in [2.05, 4.69) is 11.9 Å². The van der Waals surface area contributed by atoms with Crippen molar-refractivity contribution in [2.45, 2.75) is 19.9 Å². The molecule has 0 atom stereocenters. The Labute approximate surface area is 149 Å². The smallest absolute Gasteiger partial charge is 0.279 e. The standard InChI is InChI=1S/C19H17N3O2S/c1-3-11-22-17-15(24-2)5-4-6-16(17)25-19(22)21-18(23)14-9-7-13(12-20)8-10-14/h4-10H,3,11H2,1-2H3. The third-order valence-electron chi connectivity index (χ3n) is 3.79. The Balaban J connectivity index is 2.13. The van der Waals surface area contributed by atoms with Crippen LogP contribution in [0.15, 0.2) is 47.5 Å². The highest BCUT2D eigenvalue weighted by atomic mass is 32.1. The molecular formula is C19H17N3O2S. The molecule has 6 heteroatoms. The van der Waals surface area contributed by atoms with E-state index in [-0.39, 0.29) is 5.91 Å². The second kappa shape index (κ2) is 7.32. The molecule has 25 heavy (non-hydrogen) atoms. The summed E-state index contributed by atoms with van der Waals surface area (Å²) >= 11 is 1.47. The van der Waals surface area contributed by atoms with Gasteiger partial charge in [0.25, 0.3) is 5.91 Å². The van der Waals surface area contributed by atoms with Crippen molar-refractivity contribution in [2.24, 2.45) is 4.99 Å². The minimum Gasteiger partial charge on any atom is -0.495 e. The number of fused-ring (bicyclic) bond motifs is 1. The van der Waals surface area contributed by atoms with Crippen LogP contribution in [0.4, 0.5) is 0 Å². The molecule has 0 unspecified atom stereocenters. The zero-order valence-electron chi connectivity index (χ0n) is 14.0. The number of carbonyl (C=O) groups excluding carboxylic acids is 1. The Bertz CT molecular complexity index is 1020. The largest absolute Gasteiger partial charge is 0.495 e. The van der Waals surface area contributed by atoms with Gasteiger partial charge in [0.2, 0.25) is 0 Å². The Morgan fingerprint density at radius 3 is 2.68 bits per heavy atom. The second-order valence-electron chi connectivity index (χ2n) is 5.45. The predicted molar refractivity (Wildman–Crippen MR) is 97.7 cm³/mol. The van der Waals surface area contributed by atoms with Crippen LogP contribution < -0.4 is 9.54 Å². The number of hydrogen-bond donors (Lipinski definition) is 0. The SMILES string of the molecule is CCCn1c(=NC(=O)c2ccc(C#N)cc2)sc2cccc(OC)c21. The van der Waals surface area contributed by atoms with Gasteiger partial charge in [0.05, 0.1) is 23.4 Å². The lowest BCUT2D eigenvalue weighted by Crippen LogP contribution is -2.17. The zero-order chi connectivity index (χ0) is 17.8. The van der Waals surface area contributed by atoms with Gasteiger partial charge in [-0.3, -0.25) is 4.79 Å². The van der Waals surface area contributed by atoms with Gasteiger partial charge in [-0.15, -0.1) is 0 Å². The van der Waals surface area contributed by atoms with Gasteiger partial charge in [0.1, 0.15) is 11.3 Å². The van der Waals surface area contributed by atoms with Crippen LogP contribution >= 0.6 is 11.3 Å². The fourth-order valence-corrected chi connectivity index (χ4v) is 3.69. The summed E-state index contributed by atoms with van der Waals surface area (Å²) in [5.74, 6) is 0.453. The molecule has 0 fully saturated rings. The third kappa shape index (κ3) is 3.32. The van der Waals surface area contributed by atoms with E-state index in [4.69, 9.17) is 10.00 Å². The van der Waals surface area contributed by atoms with Crippen LogP contribution in [0.5, 0.6) is 5.75 Å². The van der Waals surface area contributed by atoms with Crippen LogP contribution in [0.1, 0.15) is 29.3 Å². The number of benzene rings is 2. The molecule has 0 N–H and O–H groups in total. The van der Waals surface area contributed by atoms with Crippen molar-refractivity contribution in [3.05, 3.63) is 58.4 Å². The van der Waals surface area contributed by atoms with Gasteiger partial charge < -0.3 is 9.30 Å². The lowest BCUT2D eigenvalue weighted by Gasteiger charge is -2.07. The maximum atomic E-state index is 12.5. The number of nitriles is 1. The molecule has 1 aromatic heterocycles. The molecule has 2 aromatic carbocycles. The Hall–Kier alpha value is -2.91. The zero-order valence-corrected chi connectivity index (χ0v) is 14.8. The summed E-state index contributed by atoms with van der Waals surface area (Å²) in [6, 6.07) is 14.4. The average Bonchev–Trinajstić information content (AvgIpc) is 2.99. The highest BCUT2D eigenvalue weighted by Gasteiger charge is 2.12. The first-order valence-corrected chi connectivity index (χ1v) is 8.75. The molecular weight excluding hydrogens is 334 g/mol. The summed E-state index contributed by atoms with van der Waals surface area (Å²) in [5.41, 5.74) is 1.94. The quantitative estimate of drug-likeness (QED) is 0.719. The summed E-state index contributed by atoms with van der Waals surface area (Å²) in [4.78, 5) is 17.5. The molecule has 0 aliphatic rings. The lowest BCUT2D eigenvalue weighted by molar-refractivity contribution is 0.0998. The first kappa shape index (κ1) is 16.9. The number of ether oxygens (including phenoxy) is 1. The van der Waals surface area contributed by atoms with E-state index in [1.807, 2.05) is 28.8 Å². The van der Waals surface area contributed by atoms with Gasteiger partial charge in [0, 0.05) is 12.1 Å². The maximum Gasteiger partial charge on any atom is 0.279 e. The third-order valence-corrected chi connectivity index (χ3v) is 4.83. The summed E-state index contributed by atoms with van der Waals surface area (Å²) in [5, 5.41) is 8.86. The molecule has 0 aliphatic heterocycles. The number of para-hydroxylation sites is 1. The number of methoxy groups -OCH3 is 1. The normalized spacial score (nSPS) is 11.5. The Kier molecular flexibility index (Phi) is 4.96. The van der Waals surface area contributed by atoms with Crippen molar-refractivity contribution in [1.82, 2.24) is 4.57 Å². The van der Waals surface area contributed by atoms with Crippen molar-refractivity contribution in [1.29, 1.82) is 5.26 Å². The molecule has 126 valence electrons. The monoisotopic (exact) mass is 351 g/mol. The number of rotatable bonds is 4. The van der Waals surface area contributed by atoms with Crippen molar-refractivity contribution >= 4 is 27.5 Å². The fraction of sp³-hybridized carbons (Fsp3) is 0.211. The first-order valence-electron chi connectivity index (χ1n) is 7.93. The van der Waals surface area contributed by atoms with E-state index in [1.165, 1.54) is 11.3 Å². The fourth-order valence-electron chi connectivity index (χ4n) is 2.62. The van der Waals surface area contributed by atoms with Crippen LogP contribution in [0.3, 0.4) is 0 Å². The summed E-state index contributed by atoms with van der Waals surface area (Å²) < 4.78 is 8.53. The van der Waals surface area contributed by atoms with Crippen molar-refractivity contribution < 1.29 is 9.53 Å². The van der Waals surface area contributed by atoms with Gasteiger partial charge in [-0.2, -0.15) is 10.3 Å². The van der Waals surface area contributed by atoms with Gasteiger partial charge in [0.15, 0.2) is 4.80 Å². The maximum absolute atomic E-state index is 12.5. The van der Waals surface area contributed by atoms with Gasteiger partial charge in [-0.25, -0.2) is 0 Å². The van der Waals surface area contributed by atoms with Crippen LogP contribution in [-0.4, -0.2) is 17.6 Å². The number of nitrogens with zero attached hydrogens (tertiary/aromatic N) is 3. The van der Waals surface area contributed by atoms with E-state index in [0.29, 0.717) is 15.9 Å². The molecule has 1 amide bonds. The van der Waals surface area contributed by atoms with Gasteiger partial charge in [-0.1, -0.05) is 24.3 Å². The van der Waals surface area contributed by atoms with Gasteiger partial charge in [-0.05, 0) is 42.8 Å². The number of aryl methyl sites for hydroxylation is 1. The van der Waals surface area contributed by atoms with Crippen LogP contribution in [0.2, 0.25) is 0 Å². The van der Waals surface area contributed by atoms with Gasteiger partial charge >= 0.3 is 0 Å². The summed E-state index contributed by atoms with van der Waals surface area (Å²) in [6.45, 7) is 2.83. The van der Waals surface area contributed by atoms with E-state index in [1.54, 1.807) is 31.4 Å². The molecule has 0 aliphatic carbocycles. The van der Waals surface area contributed by atoms with Crippen LogP contribution in [0.25, 0.3) is 10.2 Å². The van der Waals surface area contributed by atoms with E-state index in [0.717, 1.165) is 28.9 Å². The molecule has 1 heterocycles. The number of aromatic nitrogens is 1. The van der Waals surface area contributed by atoms with Crippen LogP contribution in [0, 0.1) is 11.3 Å². The summed E-state index contributed by atoms with van der Waals surface area (Å²) in [7, 11) is 1.64. The second-order valence-corrected chi connectivity index (χ2v) is 6.46. The molecule has 0 radical (unpaired) electrons. The van der Waals surface area contributed by atoms with E-state index < -0.39 is 0 Å². The molecule has 3 rings (SSSR count). The molecule has 0 spiro atoms. The Morgan fingerprint density at radius 2 is 2.04 bits per heavy atom. The Morgan fingerprint density at radius 1 is 1.28 bits per heavy atom. The van der Waals surface area contributed by atoms with Crippen molar-refractivity contribution in [2.75, 3.05) is 7.11 Å². The van der Waals surface area contributed by atoms with E-state index >= 15 is 0 Å². The number of hydrogen-bond acceptors (Lipinski definition) is 4. The molecule has 0 saturated carbocycles. The predicted octanol–water partition coefficient (Wildman–Crippen LogP) is 3.73. The van der Waals surface area contributed by atoms with Crippen molar-refractivity contribution in [3.8, 4) is 11.8 Å². The minimum atomic E-state index is -0.320. The minimum absolute atomic E-state index is 0.320.